The van der Waals surface area contributed by atoms with Crippen molar-refractivity contribution in [3.8, 4) is 24.3 Å². The monoisotopic (exact) mass is 220 g/mol. The highest BCUT2D eigenvalue weighted by Gasteiger charge is 2.85. The summed E-state index contributed by atoms with van der Waals surface area (Å²) in [4.78, 5) is 0. The van der Waals surface area contributed by atoms with Crippen molar-refractivity contribution in [2.45, 2.75) is 12.8 Å². The lowest BCUT2D eigenvalue weighted by molar-refractivity contribution is 0.282. The van der Waals surface area contributed by atoms with E-state index >= 15 is 0 Å². The summed E-state index contributed by atoms with van der Waals surface area (Å²) in [5.74, 6) is 0.0888. The molecule has 2 saturated carbocycles. The molecule has 0 saturated heterocycles. The molecule has 2 fully saturated rings. The first kappa shape index (κ1) is 9.89. The van der Waals surface area contributed by atoms with Crippen LogP contribution in [0.1, 0.15) is 12.8 Å². The summed E-state index contributed by atoms with van der Waals surface area (Å²) < 4.78 is 0. The van der Waals surface area contributed by atoms with Crippen LogP contribution in [-0.2, 0) is 0 Å². The first-order valence-corrected chi connectivity index (χ1v) is 5.48. The first-order valence-electron chi connectivity index (χ1n) is 5.48. The summed E-state index contributed by atoms with van der Waals surface area (Å²) in [5.41, 5.74) is -3.06. The second-order valence-corrected chi connectivity index (χ2v) is 5.21. The van der Waals surface area contributed by atoms with E-state index in [-0.39, 0.29) is 17.3 Å². The molecular weight excluding hydrogens is 212 g/mol. The maximum Gasteiger partial charge on any atom is 0.179 e. The Kier molecular flexibility index (Phi) is 1.46. The van der Waals surface area contributed by atoms with Crippen LogP contribution in [0.4, 0.5) is 0 Å². The number of hydrogen-bond acceptors (Lipinski definition) is 4. The molecule has 4 nitrogen and oxygen atoms in total. The predicted octanol–water partition coefficient (Wildman–Crippen LogP) is 1.65. The molecule has 0 aromatic heterocycles. The topological polar surface area (TPSA) is 95.2 Å². The predicted molar refractivity (Wildman–Crippen MR) is 55.1 cm³/mol. The molecule has 0 heterocycles. The van der Waals surface area contributed by atoms with Crippen LogP contribution in [0, 0.1) is 73.4 Å². The molecule has 0 aromatic carbocycles. The van der Waals surface area contributed by atoms with Crippen molar-refractivity contribution in [1.82, 2.24) is 0 Å². The molecule has 0 bridgehead atoms. The van der Waals surface area contributed by atoms with Gasteiger partial charge in [-0.05, 0) is 24.2 Å². The van der Waals surface area contributed by atoms with Crippen molar-refractivity contribution in [2.24, 2.45) is 28.1 Å². The standard InChI is InChI=1S/C13H8N4/c14-5-11(6-15)4-12-3-1-2-9(12)10(12)13(11,7-16)8-17/h1-2,9-10H,3-4H2. The molecule has 0 N–H and O–H groups in total. The SMILES string of the molecule is N#CC1(C#N)CC23CC=CC2C3C1(C#N)C#N. The van der Waals surface area contributed by atoms with Gasteiger partial charge in [-0.2, -0.15) is 21.0 Å². The molecule has 0 aliphatic heterocycles. The Hall–Kier alpha value is -2.30. The number of nitriles is 4. The summed E-state index contributed by atoms with van der Waals surface area (Å²) in [6, 6.07) is 7.90. The fourth-order valence-electron chi connectivity index (χ4n) is 4.06. The Morgan fingerprint density at radius 1 is 1.00 bits per heavy atom. The van der Waals surface area contributed by atoms with Gasteiger partial charge in [-0.1, -0.05) is 12.2 Å². The normalized spacial score (nSPS) is 41.2. The molecule has 0 aromatic rings. The zero-order chi connectivity index (χ0) is 12.3. The van der Waals surface area contributed by atoms with E-state index in [4.69, 9.17) is 0 Å². The van der Waals surface area contributed by atoms with Crippen LogP contribution in [-0.4, -0.2) is 0 Å². The summed E-state index contributed by atoms with van der Waals surface area (Å²) in [7, 11) is 0. The second-order valence-electron chi connectivity index (χ2n) is 5.21. The number of hydrogen-bond donors (Lipinski definition) is 0. The van der Waals surface area contributed by atoms with Crippen LogP contribution in [0.5, 0.6) is 0 Å². The Balaban J connectivity index is 2.21. The van der Waals surface area contributed by atoms with Gasteiger partial charge in [0, 0.05) is 5.92 Å². The van der Waals surface area contributed by atoms with Crippen molar-refractivity contribution in [3.05, 3.63) is 12.2 Å². The number of nitrogens with zero attached hydrogens (tertiary/aromatic N) is 4. The van der Waals surface area contributed by atoms with Crippen LogP contribution in [0.3, 0.4) is 0 Å². The van der Waals surface area contributed by atoms with Gasteiger partial charge in [0.05, 0.1) is 24.3 Å². The summed E-state index contributed by atoms with van der Waals surface area (Å²) in [6.07, 6.45) is 5.22. The fraction of sp³-hybridized carbons (Fsp3) is 0.538. The van der Waals surface area contributed by atoms with E-state index in [2.05, 4.69) is 0 Å². The van der Waals surface area contributed by atoms with Crippen molar-refractivity contribution >= 4 is 0 Å². The van der Waals surface area contributed by atoms with Gasteiger partial charge in [-0.15, -0.1) is 0 Å². The molecule has 1 spiro atoms. The molecule has 0 amide bonds. The second kappa shape index (κ2) is 2.51. The maximum absolute atomic E-state index is 9.36. The number of allylic oxidation sites excluding steroid dienone is 2. The van der Waals surface area contributed by atoms with Gasteiger partial charge >= 0.3 is 0 Å². The van der Waals surface area contributed by atoms with Gasteiger partial charge in [-0.3, -0.25) is 0 Å². The Morgan fingerprint density at radius 2 is 1.65 bits per heavy atom. The highest BCUT2D eigenvalue weighted by atomic mass is 14.8. The van der Waals surface area contributed by atoms with Crippen molar-refractivity contribution in [2.75, 3.05) is 0 Å². The van der Waals surface area contributed by atoms with Crippen molar-refractivity contribution in [3.63, 3.8) is 0 Å². The van der Waals surface area contributed by atoms with Crippen LogP contribution in [0.15, 0.2) is 12.2 Å². The van der Waals surface area contributed by atoms with Crippen LogP contribution in [0.2, 0.25) is 0 Å². The van der Waals surface area contributed by atoms with E-state index in [0.29, 0.717) is 6.42 Å². The van der Waals surface area contributed by atoms with Crippen LogP contribution < -0.4 is 0 Å². The van der Waals surface area contributed by atoms with E-state index < -0.39 is 10.8 Å². The zero-order valence-electron chi connectivity index (χ0n) is 9.01. The van der Waals surface area contributed by atoms with E-state index in [1.165, 1.54) is 0 Å². The maximum atomic E-state index is 9.36. The molecule has 4 heteroatoms. The van der Waals surface area contributed by atoms with Gasteiger partial charge in [0.2, 0.25) is 0 Å². The van der Waals surface area contributed by atoms with Crippen molar-refractivity contribution in [1.29, 1.82) is 21.0 Å². The molecule has 80 valence electrons. The third-order valence-corrected chi connectivity index (χ3v) is 4.84. The lowest BCUT2D eigenvalue weighted by Crippen LogP contribution is -2.37. The first-order chi connectivity index (χ1) is 8.16. The zero-order valence-corrected chi connectivity index (χ0v) is 9.01. The average molecular weight is 220 g/mol. The van der Waals surface area contributed by atoms with E-state index in [1.54, 1.807) is 0 Å². The molecule has 3 aliphatic rings. The molecule has 3 rings (SSSR count). The van der Waals surface area contributed by atoms with Crippen LogP contribution in [0.25, 0.3) is 0 Å². The number of fused-ring (bicyclic) bond motifs is 1. The molecule has 3 unspecified atom stereocenters. The third kappa shape index (κ3) is 0.702. The molecule has 3 aliphatic carbocycles. The summed E-state index contributed by atoms with van der Waals surface area (Å²) >= 11 is 0. The lowest BCUT2D eigenvalue weighted by atomic mass is 9.64. The third-order valence-electron chi connectivity index (χ3n) is 4.84. The van der Waals surface area contributed by atoms with Crippen molar-refractivity contribution < 1.29 is 0 Å². The summed E-state index contributed by atoms with van der Waals surface area (Å²) in [6.45, 7) is 0. The largest absolute Gasteiger partial charge is 0.196 e. The van der Waals surface area contributed by atoms with E-state index in [0.717, 1.165) is 6.42 Å². The lowest BCUT2D eigenvalue weighted by Gasteiger charge is -2.27. The minimum Gasteiger partial charge on any atom is -0.196 e. The van der Waals surface area contributed by atoms with E-state index in [1.807, 2.05) is 36.4 Å². The highest BCUT2D eigenvalue weighted by molar-refractivity contribution is 5.50. The fourth-order valence-corrected chi connectivity index (χ4v) is 4.06. The quantitative estimate of drug-likeness (QED) is 0.580. The highest BCUT2D eigenvalue weighted by Crippen LogP contribution is 2.83. The molecule has 3 atom stereocenters. The number of rotatable bonds is 0. The van der Waals surface area contributed by atoms with Crippen LogP contribution >= 0.6 is 0 Å². The minimum absolute atomic E-state index is 0.130. The van der Waals surface area contributed by atoms with Gasteiger partial charge < -0.3 is 0 Å². The molecular formula is C13H8N4. The van der Waals surface area contributed by atoms with Gasteiger partial charge in [0.25, 0.3) is 0 Å². The Bertz CT molecular complexity index is 575. The van der Waals surface area contributed by atoms with Gasteiger partial charge in [-0.25, -0.2) is 0 Å². The Morgan fingerprint density at radius 3 is 2.18 bits per heavy atom. The summed E-state index contributed by atoms with van der Waals surface area (Å²) in [5, 5.41) is 37.3. The Labute approximate surface area is 99.0 Å². The van der Waals surface area contributed by atoms with E-state index in [9.17, 15) is 21.0 Å². The molecule has 17 heavy (non-hydrogen) atoms. The smallest absolute Gasteiger partial charge is 0.179 e. The molecule has 0 radical (unpaired) electrons. The minimum atomic E-state index is -1.45. The van der Waals surface area contributed by atoms with Gasteiger partial charge in [0.1, 0.15) is 0 Å². The van der Waals surface area contributed by atoms with Gasteiger partial charge in [0.15, 0.2) is 10.8 Å². The average Bonchev–Trinajstić information content (AvgIpc) is 2.74.